The third-order valence-electron chi connectivity index (χ3n) is 3.26. The number of carbonyl (C=O) groups excluding carboxylic acids is 2. The monoisotopic (exact) mass is 278 g/mol. The number of alkyl halides is 2. The molecule has 1 aliphatic heterocycles. The molecule has 1 N–H and O–H groups in total. The molecule has 1 rings (SSSR count). The Bertz CT molecular complexity index is 326. The number of piperidine rings is 1. The standard InChI is InChI=1S/C12H20F2N2O3/c1-9(18)15-4-2-3-10(7-15)12(19)16(5-6-17)8-11(13)14/h10-11,17H,2-8H2,1H3. The van der Waals surface area contributed by atoms with Gasteiger partial charge in [0.15, 0.2) is 0 Å². The zero-order valence-electron chi connectivity index (χ0n) is 11.0. The predicted octanol–water partition coefficient (Wildman–Crippen LogP) is 0.331. The number of hydrogen-bond acceptors (Lipinski definition) is 3. The third-order valence-corrected chi connectivity index (χ3v) is 3.26. The Morgan fingerprint density at radius 1 is 1.47 bits per heavy atom. The van der Waals surface area contributed by atoms with Crippen LogP contribution >= 0.6 is 0 Å². The van der Waals surface area contributed by atoms with Crippen molar-refractivity contribution in [3.05, 3.63) is 0 Å². The van der Waals surface area contributed by atoms with Gasteiger partial charge in [-0.1, -0.05) is 0 Å². The highest BCUT2D eigenvalue weighted by atomic mass is 19.3. The maximum absolute atomic E-state index is 12.4. The zero-order chi connectivity index (χ0) is 14.4. The lowest BCUT2D eigenvalue weighted by Crippen LogP contribution is -2.48. The molecule has 1 saturated heterocycles. The molecule has 0 saturated carbocycles. The van der Waals surface area contributed by atoms with Gasteiger partial charge in [-0.05, 0) is 12.8 Å². The van der Waals surface area contributed by atoms with Crippen LogP contribution in [0.3, 0.4) is 0 Å². The summed E-state index contributed by atoms with van der Waals surface area (Å²) in [4.78, 5) is 26.0. The van der Waals surface area contributed by atoms with Gasteiger partial charge >= 0.3 is 0 Å². The molecule has 0 radical (unpaired) electrons. The second kappa shape index (κ2) is 7.37. The summed E-state index contributed by atoms with van der Waals surface area (Å²) in [6.45, 7) is 1.20. The molecule has 0 bridgehead atoms. The minimum atomic E-state index is -2.62. The molecule has 0 spiro atoms. The highest BCUT2D eigenvalue weighted by molar-refractivity contribution is 5.80. The number of hydrogen-bond donors (Lipinski definition) is 1. The van der Waals surface area contributed by atoms with Crippen molar-refractivity contribution >= 4 is 11.8 Å². The molecule has 7 heteroatoms. The molecule has 2 amide bonds. The summed E-state index contributed by atoms with van der Waals surface area (Å²) in [5, 5.41) is 8.83. The topological polar surface area (TPSA) is 60.9 Å². The van der Waals surface area contributed by atoms with E-state index >= 15 is 0 Å². The lowest BCUT2D eigenvalue weighted by atomic mass is 9.96. The van der Waals surface area contributed by atoms with E-state index in [1.165, 1.54) is 6.92 Å². The summed E-state index contributed by atoms with van der Waals surface area (Å²) in [7, 11) is 0. The number of amides is 2. The van der Waals surface area contributed by atoms with Gasteiger partial charge in [0, 0.05) is 26.6 Å². The van der Waals surface area contributed by atoms with Gasteiger partial charge in [0.2, 0.25) is 11.8 Å². The fourth-order valence-electron chi connectivity index (χ4n) is 2.30. The first-order chi connectivity index (χ1) is 8.95. The van der Waals surface area contributed by atoms with E-state index in [2.05, 4.69) is 0 Å². The molecule has 1 atom stereocenters. The van der Waals surface area contributed by atoms with Crippen LogP contribution in [-0.2, 0) is 9.59 Å². The Balaban J connectivity index is 2.64. The molecular weight excluding hydrogens is 258 g/mol. The van der Waals surface area contributed by atoms with E-state index in [4.69, 9.17) is 5.11 Å². The van der Waals surface area contributed by atoms with E-state index in [9.17, 15) is 18.4 Å². The molecule has 1 unspecified atom stereocenters. The second-order valence-electron chi connectivity index (χ2n) is 4.70. The van der Waals surface area contributed by atoms with Crippen molar-refractivity contribution in [3.63, 3.8) is 0 Å². The van der Waals surface area contributed by atoms with E-state index < -0.39 is 24.8 Å². The Hall–Kier alpha value is -1.24. The van der Waals surface area contributed by atoms with Crippen LogP contribution in [0, 0.1) is 5.92 Å². The quantitative estimate of drug-likeness (QED) is 0.788. The van der Waals surface area contributed by atoms with Gasteiger partial charge in [0.25, 0.3) is 6.43 Å². The van der Waals surface area contributed by atoms with Crippen molar-refractivity contribution in [2.75, 3.05) is 32.8 Å². The van der Waals surface area contributed by atoms with Crippen molar-refractivity contribution in [2.45, 2.75) is 26.2 Å². The summed E-state index contributed by atoms with van der Waals surface area (Å²) in [5.74, 6) is -0.955. The lowest BCUT2D eigenvalue weighted by Gasteiger charge is -2.34. The van der Waals surface area contributed by atoms with Gasteiger partial charge < -0.3 is 14.9 Å². The molecule has 0 aromatic carbocycles. The van der Waals surface area contributed by atoms with Gasteiger partial charge in [-0.3, -0.25) is 9.59 Å². The molecule has 1 aliphatic rings. The number of nitrogens with zero attached hydrogens (tertiary/aromatic N) is 2. The number of carbonyl (C=O) groups is 2. The minimum Gasteiger partial charge on any atom is -0.395 e. The molecule has 1 fully saturated rings. The van der Waals surface area contributed by atoms with Gasteiger partial charge in [0.1, 0.15) is 0 Å². The first kappa shape index (κ1) is 15.8. The molecule has 0 aliphatic carbocycles. The number of rotatable bonds is 5. The summed E-state index contributed by atoms with van der Waals surface area (Å²) < 4.78 is 24.8. The van der Waals surface area contributed by atoms with E-state index in [0.29, 0.717) is 19.4 Å². The maximum atomic E-state index is 12.4. The average Bonchev–Trinajstić information content (AvgIpc) is 2.37. The van der Waals surface area contributed by atoms with E-state index in [-0.39, 0.29) is 25.6 Å². The SMILES string of the molecule is CC(=O)N1CCCC(C(=O)N(CCO)CC(F)F)C1. The summed E-state index contributed by atoms with van der Waals surface area (Å²) >= 11 is 0. The number of halogens is 2. The Morgan fingerprint density at radius 3 is 2.68 bits per heavy atom. The summed E-state index contributed by atoms with van der Waals surface area (Å²) in [6, 6.07) is 0. The van der Waals surface area contributed by atoms with Gasteiger partial charge in [0.05, 0.1) is 19.1 Å². The molecule has 0 aromatic heterocycles. The fraction of sp³-hybridized carbons (Fsp3) is 0.833. The first-order valence-electron chi connectivity index (χ1n) is 6.39. The van der Waals surface area contributed by atoms with Crippen molar-refractivity contribution in [3.8, 4) is 0 Å². The average molecular weight is 278 g/mol. The lowest BCUT2D eigenvalue weighted by molar-refractivity contribution is -0.142. The Labute approximate surface area is 111 Å². The number of aliphatic hydroxyl groups is 1. The molecule has 5 nitrogen and oxygen atoms in total. The smallest absolute Gasteiger partial charge is 0.255 e. The van der Waals surface area contributed by atoms with E-state index in [1.54, 1.807) is 4.90 Å². The van der Waals surface area contributed by atoms with Gasteiger partial charge in [-0.25, -0.2) is 8.78 Å². The molecule has 1 heterocycles. The molecule has 0 aromatic rings. The third kappa shape index (κ3) is 4.74. The summed E-state index contributed by atoms with van der Waals surface area (Å²) in [6.07, 6.45) is -1.34. The van der Waals surface area contributed by atoms with Crippen LogP contribution in [0.5, 0.6) is 0 Å². The summed E-state index contributed by atoms with van der Waals surface area (Å²) in [5.41, 5.74) is 0. The first-order valence-corrected chi connectivity index (χ1v) is 6.39. The van der Waals surface area contributed by atoms with E-state index in [0.717, 1.165) is 4.90 Å². The Morgan fingerprint density at radius 2 is 2.16 bits per heavy atom. The number of likely N-dealkylation sites (tertiary alicyclic amines) is 1. The van der Waals surface area contributed by atoms with Crippen LogP contribution in [0.25, 0.3) is 0 Å². The maximum Gasteiger partial charge on any atom is 0.255 e. The number of aliphatic hydroxyl groups excluding tert-OH is 1. The van der Waals surface area contributed by atoms with Crippen LogP contribution in [0.4, 0.5) is 8.78 Å². The van der Waals surface area contributed by atoms with Crippen molar-refractivity contribution in [2.24, 2.45) is 5.92 Å². The molecule has 110 valence electrons. The minimum absolute atomic E-state index is 0.0975. The van der Waals surface area contributed by atoms with Crippen LogP contribution < -0.4 is 0 Å². The highest BCUT2D eigenvalue weighted by Crippen LogP contribution is 2.19. The fourth-order valence-corrected chi connectivity index (χ4v) is 2.30. The molecular formula is C12H20F2N2O3. The highest BCUT2D eigenvalue weighted by Gasteiger charge is 2.31. The van der Waals surface area contributed by atoms with Crippen LogP contribution in [-0.4, -0.2) is 65.9 Å². The Kier molecular flexibility index (Phi) is 6.14. The second-order valence-corrected chi connectivity index (χ2v) is 4.70. The van der Waals surface area contributed by atoms with E-state index in [1.807, 2.05) is 0 Å². The van der Waals surface area contributed by atoms with Crippen molar-refractivity contribution in [1.29, 1.82) is 0 Å². The van der Waals surface area contributed by atoms with Gasteiger partial charge in [-0.15, -0.1) is 0 Å². The predicted molar refractivity (Wildman–Crippen MR) is 64.6 cm³/mol. The van der Waals surface area contributed by atoms with Crippen LogP contribution in [0.2, 0.25) is 0 Å². The molecule has 19 heavy (non-hydrogen) atoms. The largest absolute Gasteiger partial charge is 0.395 e. The van der Waals surface area contributed by atoms with Gasteiger partial charge in [-0.2, -0.15) is 0 Å². The van der Waals surface area contributed by atoms with Crippen LogP contribution in [0.15, 0.2) is 0 Å². The zero-order valence-corrected chi connectivity index (χ0v) is 11.0. The van der Waals surface area contributed by atoms with Crippen LogP contribution in [0.1, 0.15) is 19.8 Å². The normalized spacial score (nSPS) is 19.6. The van der Waals surface area contributed by atoms with Crippen molar-refractivity contribution in [1.82, 2.24) is 9.80 Å². The van der Waals surface area contributed by atoms with Crippen molar-refractivity contribution < 1.29 is 23.5 Å².